The van der Waals surface area contributed by atoms with Crippen LogP contribution in [0.1, 0.15) is 17.4 Å². The normalized spacial score (nSPS) is 11.0. The first-order chi connectivity index (χ1) is 13.1. The molecule has 0 aliphatic carbocycles. The van der Waals surface area contributed by atoms with Crippen LogP contribution in [0, 0.1) is 0 Å². The SMILES string of the molecule is CCOc1ccc(-n2c(=O)[nH]c3c(C(N)=O)nc(-c4cccs4)nc32)cc1. The number of aromatic nitrogens is 4. The number of carbonyl (C=O) groups excluding carboxylic acids is 1. The number of rotatable bonds is 5. The zero-order chi connectivity index (χ0) is 19.0. The van der Waals surface area contributed by atoms with Crippen LogP contribution in [-0.2, 0) is 0 Å². The van der Waals surface area contributed by atoms with E-state index in [2.05, 4.69) is 15.0 Å². The Balaban J connectivity index is 1.97. The summed E-state index contributed by atoms with van der Waals surface area (Å²) in [5.41, 5.74) is 6.10. The second-order valence-corrected chi connectivity index (χ2v) is 6.58. The molecule has 27 heavy (non-hydrogen) atoms. The summed E-state index contributed by atoms with van der Waals surface area (Å²) in [6.45, 7) is 2.44. The highest BCUT2D eigenvalue weighted by Gasteiger charge is 2.20. The quantitative estimate of drug-likeness (QED) is 0.550. The lowest BCUT2D eigenvalue weighted by atomic mass is 10.3. The van der Waals surface area contributed by atoms with Gasteiger partial charge in [0.25, 0.3) is 5.91 Å². The smallest absolute Gasteiger partial charge is 0.332 e. The number of imidazole rings is 1. The van der Waals surface area contributed by atoms with Gasteiger partial charge in [-0.05, 0) is 42.6 Å². The summed E-state index contributed by atoms with van der Waals surface area (Å²) >= 11 is 1.43. The van der Waals surface area contributed by atoms with E-state index in [4.69, 9.17) is 10.5 Å². The zero-order valence-electron chi connectivity index (χ0n) is 14.3. The molecule has 3 aromatic heterocycles. The van der Waals surface area contributed by atoms with E-state index in [1.54, 1.807) is 24.3 Å². The van der Waals surface area contributed by atoms with E-state index >= 15 is 0 Å². The minimum Gasteiger partial charge on any atom is -0.494 e. The number of benzene rings is 1. The van der Waals surface area contributed by atoms with E-state index in [0.29, 0.717) is 23.9 Å². The van der Waals surface area contributed by atoms with E-state index in [0.717, 1.165) is 4.88 Å². The number of primary amides is 1. The maximum absolute atomic E-state index is 12.6. The molecule has 8 nitrogen and oxygen atoms in total. The molecule has 0 spiro atoms. The molecule has 3 heterocycles. The molecule has 0 saturated carbocycles. The lowest BCUT2D eigenvalue weighted by molar-refractivity contribution is 0.0997. The second kappa shape index (κ2) is 6.69. The van der Waals surface area contributed by atoms with Gasteiger partial charge >= 0.3 is 5.69 Å². The van der Waals surface area contributed by atoms with Crippen LogP contribution < -0.4 is 16.2 Å². The van der Waals surface area contributed by atoms with Crippen molar-refractivity contribution in [1.29, 1.82) is 0 Å². The maximum Gasteiger partial charge on any atom is 0.332 e. The summed E-state index contributed by atoms with van der Waals surface area (Å²) in [6.07, 6.45) is 0. The van der Waals surface area contributed by atoms with Gasteiger partial charge in [-0.3, -0.25) is 4.79 Å². The number of aromatic amines is 1. The fourth-order valence-corrected chi connectivity index (χ4v) is 3.43. The number of H-pyrrole nitrogens is 1. The Morgan fingerprint density at radius 2 is 2.04 bits per heavy atom. The van der Waals surface area contributed by atoms with Crippen LogP contribution in [0.15, 0.2) is 46.6 Å². The van der Waals surface area contributed by atoms with Crippen LogP contribution in [0.5, 0.6) is 5.75 Å². The van der Waals surface area contributed by atoms with Crippen LogP contribution in [0.2, 0.25) is 0 Å². The Kier molecular flexibility index (Phi) is 4.21. The number of thiophene rings is 1. The Labute approximate surface area is 157 Å². The minimum atomic E-state index is -0.736. The fourth-order valence-electron chi connectivity index (χ4n) is 2.78. The third kappa shape index (κ3) is 2.97. The summed E-state index contributed by atoms with van der Waals surface area (Å²) < 4.78 is 6.82. The van der Waals surface area contributed by atoms with Crippen LogP contribution in [0.4, 0.5) is 0 Å². The van der Waals surface area contributed by atoms with Crippen LogP contribution in [0.3, 0.4) is 0 Å². The van der Waals surface area contributed by atoms with Crippen LogP contribution in [0.25, 0.3) is 27.6 Å². The van der Waals surface area contributed by atoms with Crippen LogP contribution >= 0.6 is 11.3 Å². The average Bonchev–Trinajstić information content (AvgIpc) is 3.29. The number of amides is 1. The minimum absolute atomic E-state index is 0.0230. The van der Waals surface area contributed by atoms with Gasteiger partial charge in [-0.25, -0.2) is 19.3 Å². The molecule has 136 valence electrons. The molecule has 4 aromatic rings. The first kappa shape index (κ1) is 17.0. The van der Waals surface area contributed by atoms with Crippen molar-refractivity contribution in [2.45, 2.75) is 6.92 Å². The average molecular weight is 381 g/mol. The van der Waals surface area contributed by atoms with Crippen LogP contribution in [-0.4, -0.2) is 32.0 Å². The topological polar surface area (TPSA) is 116 Å². The molecule has 0 fully saturated rings. The molecular weight excluding hydrogens is 366 g/mol. The van der Waals surface area contributed by atoms with Crippen molar-refractivity contribution in [3.05, 3.63) is 58.0 Å². The Morgan fingerprint density at radius 1 is 1.26 bits per heavy atom. The molecule has 0 aliphatic heterocycles. The van der Waals surface area contributed by atoms with Gasteiger partial charge in [0.2, 0.25) is 0 Å². The van der Waals surface area contributed by atoms with Gasteiger partial charge in [0.15, 0.2) is 17.2 Å². The van der Waals surface area contributed by atoms with Crippen molar-refractivity contribution in [2.75, 3.05) is 6.61 Å². The van der Waals surface area contributed by atoms with Gasteiger partial charge < -0.3 is 15.5 Å². The highest BCUT2D eigenvalue weighted by molar-refractivity contribution is 7.13. The molecular formula is C18H15N5O3S. The number of nitrogens with zero attached hydrogens (tertiary/aromatic N) is 3. The van der Waals surface area contributed by atoms with Crippen molar-refractivity contribution in [1.82, 2.24) is 19.5 Å². The molecule has 0 bridgehead atoms. The molecule has 0 saturated heterocycles. The molecule has 1 amide bonds. The number of hydrogen-bond acceptors (Lipinski definition) is 6. The molecule has 9 heteroatoms. The number of nitrogens with two attached hydrogens (primary N) is 1. The Bertz CT molecular complexity index is 1180. The maximum atomic E-state index is 12.6. The standard InChI is InChI=1S/C18H15N5O3S/c1-2-26-11-7-5-10(6-8-11)23-17-14(21-18(23)25)13(15(19)24)20-16(22-17)12-4-3-9-27-12/h3-9H,2H2,1H3,(H2,19,24)(H,21,25). The molecule has 0 unspecified atom stereocenters. The van der Waals surface area contributed by atoms with Crippen molar-refractivity contribution < 1.29 is 9.53 Å². The summed E-state index contributed by atoms with van der Waals surface area (Å²) in [6, 6.07) is 10.7. The molecule has 0 aliphatic rings. The number of fused-ring (bicyclic) bond motifs is 1. The second-order valence-electron chi connectivity index (χ2n) is 5.63. The number of nitrogens with one attached hydrogen (secondary N) is 1. The molecule has 1 aromatic carbocycles. The number of carbonyl (C=O) groups is 1. The molecule has 0 radical (unpaired) electrons. The monoisotopic (exact) mass is 381 g/mol. The van der Waals surface area contributed by atoms with E-state index in [1.807, 2.05) is 24.4 Å². The van der Waals surface area contributed by atoms with Crippen molar-refractivity contribution in [3.8, 4) is 22.1 Å². The predicted octanol–water partition coefficient (Wildman–Crippen LogP) is 2.33. The van der Waals surface area contributed by atoms with Gasteiger partial charge in [-0.2, -0.15) is 0 Å². The van der Waals surface area contributed by atoms with Gasteiger partial charge in [0.05, 0.1) is 17.2 Å². The Hall–Kier alpha value is -3.46. The van der Waals surface area contributed by atoms with Gasteiger partial charge in [-0.15, -0.1) is 11.3 Å². The zero-order valence-corrected chi connectivity index (χ0v) is 15.1. The van der Waals surface area contributed by atoms with E-state index in [-0.39, 0.29) is 16.9 Å². The highest BCUT2D eigenvalue weighted by atomic mass is 32.1. The van der Waals surface area contributed by atoms with E-state index in [9.17, 15) is 9.59 Å². The van der Waals surface area contributed by atoms with E-state index in [1.165, 1.54) is 15.9 Å². The van der Waals surface area contributed by atoms with Gasteiger partial charge in [0.1, 0.15) is 11.3 Å². The first-order valence-corrected chi connectivity index (χ1v) is 9.06. The summed E-state index contributed by atoms with van der Waals surface area (Å²) in [4.78, 5) is 36.6. The summed E-state index contributed by atoms with van der Waals surface area (Å²) in [7, 11) is 0. The largest absolute Gasteiger partial charge is 0.494 e. The third-order valence-electron chi connectivity index (χ3n) is 3.92. The summed E-state index contributed by atoms with van der Waals surface area (Å²) in [5.74, 6) is 0.297. The number of hydrogen-bond donors (Lipinski definition) is 2. The predicted molar refractivity (Wildman–Crippen MR) is 102 cm³/mol. The van der Waals surface area contributed by atoms with Gasteiger partial charge in [-0.1, -0.05) is 6.07 Å². The Morgan fingerprint density at radius 3 is 2.67 bits per heavy atom. The summed E-state index contributed by atoms with van der Waals surface area (Å²) in [5, 5.41) is 1.88. The van der Waals surface area contributed by atoms with Crippen molar-refractivity contribution in [2.24, 2.45) is 5.73 Å². The lowest BCUT2D eigenvalue weighted by Gasteiger charge is -2.07. The third-order valence-corrected chi connectivity index (χ3v) is 4.78. The lowest BCUT2D eigenvalue weighted by Crippen LogP contribution is -2.15. The van der Waals surface area contributed by atoms with Gasteiger partial charge in [0, 0.05) is 0 Å². The molecule has 4 rings (SSSR count). The van der Waals surface area contributed by atoms with Crippen molar-refractivity contribution in [3.63, 3.8) is 0 Å². The highest BCUT2D eigenvalue weighted by Crippen LogP contribution is 2.25. The molecule has 0 atom stereocenters. The number of ether oxygens (including phenoxy) is 1. The fraction of sp³-hybridized carbons (Fsp3) is 0.111. The molecule has 3 N–H and O–H groups in total. The first-order valence-electron chi connectivity index (χ1n) is 8.18. The van der Waals surface area contributed by atoms with E-state index < -0.39 is 11.6 Å². The van der Waals surface area contributed by atoms with Crippen molar-refractivity contribution >= 4 is 28.4 Å².